The lowest BCUT2D eigenvalue weighted by Gasteiger charge is -2.41. The van der Waals surface area contributed by atoms with Gasteiger partial charge in [-0.3, -0.25) is 33.6 Å². The first-order valence-corrected chi connectivity index (χ1v) is 21.6. The number of halogens is 3. The summed E-state index contributed by atoms with van der Waals surface area (Å²) in [6, 6.07) is 2.19. The van der Waals surface area contributed by atoms with Crippen molar-refractivity contribution in [2.24, 2.45) is 23.7 Å². The Morgan fingerprint density at radius 1 is 0.915 bits per heavy atom. The SMILES string of the molecule is CCC(C)C([C@@H](CC(=O)N1CCC[C@H]1[C@H](OC)[C@@H](C)C(=O)NS(=O)(=O)Cc1ccc(NC(=O)C(F)(F)F)cc1)OC)N(C)C(=O)[C@@H](NC(=O)C(C(C)C)N(C)C)C(C)C. The molecule has 0 radical (unpaired) electrons. The van der Waals surface area contributed by atoms with E-state index in [1.807, 2.05) is 65.3 Å². The third-order valence-electron chi connectivity index (χ3n) is 11.0. The Kier molecular flexibility index (Phi) is 19.3. The van der Waals surface area contributed by atoms with Gasteiger partial charge in [-0.2, -0.15) is 13.2 Å². The third kappa shape index (κ3) is 14.1. The number of anilines is 1. The van der Waals surface area contributed by atoms with Crippen molar-refractivity contribution >= 4 is 45.2 Å². The average molecular weight is 863 g/mol. The molecule has 3 N–H and O–H groups in total. The second kappa shape index (κ2) is 22.2. The van der Waals surface area contributed by atoms with Gasteiger partial charge in [0.2, 0.25) is 33.7 Å². The van der Waals surface area contributed by atoms with Crippen LogP contribution in [-0.4, -0.2) is 137 Å². The predicted octanol–water partition coefficient (Wildman–Crippen LogP) is 3.78. The van der Waals surface area contributed by atoms with Crippen LogP contribution in [0.25, 0.3) is 0 Å². The van der Waals surface area contributed by atoms with Gasteiger partial charge in [0.15, 0.2) is 0 Å². The molecule has 1 aromatic carbocycles. The van der Waals surface area contributed by atoms with Crippen molar-refractivity contribution in [2.75, 3.05) is 47.2 Å². The van der Waals surface area contributed by atoms with Gasteiger partial charge >= 0.3 is 12.1 Å². The first-order valence-electron chi connectivity index (χ1n) is 19.9. The summed E-state index contributed by atoms with van der Waals surface area (Å²) in [6.07, 6.45) is -5.15. The lowest BCUT2D eigenvalue weighted by molar-refractivity contribution is -0.167. The van der Waals surface area contributed by atoms with Crippen LogP contribution < -0.4 is 15.4 Å². The zero-order valence-corrected chi connectivity index (χ0v) is 37.2. The summed E-state index contributed by atoms with van der Waals surface area (Å²) >= 11 is 0. The number of benzene rings is 1. The van der Waals surface area contributed by atoms with Gasteiger partial charge in [0.25, 0.3) is 0 Å². The van der Waals surface area contributed by atoms with Gasteiger partial charge < -0.3 is 29.9 Å². The van der Waals surface area contributed by atoms with Gasteiger partial charge in [-0.15, -0.1) is 0 Å². The molecule has 1 aliphatic rings. The minimum absolute atomic E-state index is 0.00562. The molecule has 336 valence electrons. The van der Waals surface area contributed by atoms with Gasteiger partial charge in [-0.25, -0.2) is 8.42 Å². The summed E-state index contributed by atoms with van der Waals surface area (Å²) in [6.45, 7) is 13.4. The number of rotatable bonds is 21. The number of methoxy groups -OCH3 is 2. The number of carbonyl (C=O) groups is 5. The van der Waals surface area contributed by atoms with Crippen molar-refractivity contribution in [1.82, 2.24) is 24.7 Å². The predicted molar refractivity (Wildman–Crippen MR) is 217 cm³/mol. The van der Waals surface area contributed by atoms with Crippen molar-refractivity contribution in [3.8, 4) is 0 Å². The van der Waals surface area contributed by atoms with Crippen LogP contribution in [-0.2, 0) is 49.2 Å². The lowest BCUT2D eigenvalue weighted by Crippen LogP contribution is -2.59. The number of hydrogen-bond donors (Lipinski definition) is 3. The number of ether oxygens (including phenoxy) is 2. The van der Waals surface area contributed by atoms with E-state index in [9.17, 15) is 45.6 Å². The van der Waals surface area contributed by atoms with E-state index in [4.69, 9.17) is 9.47 Å². The standard InChI is InChI=1S/C40H65F3N6O9S/c1-13-25(6)34(48(10)38(53)32(23(2)3)45-37(52)33(24(4)5)47(8)9)30(57-11)21-31(50)49-20-14-15-29(49)35(58-12)26(7)36(51)46-59(55,56)22-27-16-18-28(19-17-27)44-39(54)40(41,42)43/h16-19,23-26,29-30,32-35H,13-15,20-22H2,1-12H3,(H,44,54)(H,45,52)(H,46,51)/t25?,26-,29+,30-,32+,33?,34?,35-/m1/s1. The van der Waals surface area contributed by atoms with E-state index < -0.39 is 76.1 Å². The number of alkyl halides is 3. The molecule has 1 saturated heterocycles. The molecule has 1 aromatic rings. The number of likely N-dealkylation sites (tertiary alicyclic amines) is 1. The molecule has 1 heterocycles. The molecule has 0 spiro atoms. The Morgan fingerprint density at radius 2 is 1.51 bits per heavy atom. The molecular formula is C40H65F3N6O9S. The molecule has 15 nitrogen and oxygen atoms in total. The van der Waals surface area contributed by atoms with Gasteiger partial charge in [-0.1, -0.05) is 67.0 Å². The van der Waals surface area contributed by atoms with Gasteiger partial charge in [0, 0.05) is 33.5 Å². The minimum atomic E-state index is -5.10. The second-order valence-electron chi connectivity index (χ2n) is 16.3. The average Bonchev–Trinajstić information content (AvgIpc) is 3.62. The summed E-state index contributed by atoms with van der Waals surface area (Å²) in [4.78, 5) is 71.3. The Hall–Kier alpha value is -3.81. The van der Waals surface area contributed by atoms with E-state index in [0.29, 0.717) is 25.8 Å². The molecule has 0 aromatic heterocycles. The number of likely N-dealkylation sites (N-methyl/N-ethyl adjacent to an activating group) is 2. The van der Waals surface area contributed by atoms with Crippen molar-refractivity contribution in [3.63, 3.8) is 0 Å². The number of nitrogens with one attached hydrogen (secondary N) is 3. The lowest BCUT2D eigenvalue weighted by atomic mass is 9.89. The molecule has 0 saturated carbocycles. The Balaban J connectivity index is 2.23. The Bertz CT molecular complexity index is 1690. The maximum atomic E-state index is 14.2. The molecule has 19 heteroatoms. The van der Waals surface area contributed by atoms with Crippen LogP contribution in [0.5, 0.6) is 0 Å². The van der Waals surface area contributed by atoms with Crippen LogP contribution in [0.1, 0.15) is 79.7 Å². The summed E-state index contributed by atoms with van der Waals surface area (Å²) in [5.74, 6) is -6.03. The van der Waals surface area contributed by atoms with E-state index in [1.54, 1.807) is 22.2 Å². The number of nitrogens with zero attached hydrogens (tertiary/aromatic N) is 3. The maximum absolute atomic E-state index is 14.2. The van der Waals surface area contributed by atoms with E-state index >= 15 is 0 Å². The monoisotopic (exact) mass is 862 g/mol. The van der Waals surface area contributed by atoms with Crippen molar-refractivity contribution < 1.29 is 55.0 Å². The highest BCUT2D eigenvalue weighted by Gasteiger charge is 2.44. The normalized spacial score (nSPS) is 18.5. The van der Waals surface area contributed by atoms with Crippen LogP contribution in [0.2, 0.25) is 0 Å². The molecule has 0 aliphatic carbocycles. The van der Waals surface area contributed by atoms with Crippen molar-refractivity contribution in [1.29, 1.82) is 0 Å². The number of sulfonamides is 1. The fourth-order valence-electron chi connectivity index (χ4n) is 7.80. The van der Waals surface area contributed by atoms with E-state index in [-0.39, 0.29) is 53.1 Å². The molecule has 1 fully saturated rings. The highest BCUT2D eigenvalue weighted by Crippen LogP contribution is 2.30. The molecule has 59 heavy (non-hydrogen) atoms. The highest BCUT2D eigenvalue weighted by molar-refractivity contribution is 7.89. The molecule has 2 rings (SSSR count). The molecule has 3 unspecified atom stereocenters. The third-order valence-corrected chi connectivity index (χ3v) is 12.3. The highest BCUT2D eigenvalue weighted by atomic mass is 32.2. The largest absolute Gasteiger partial charge is 0.471 e. The van der Waals surface area contributed by atoms with E-state index in [1.165, 1.54) is 33.3 Å². The van der Waals surface area contributed by atoms with Crippen molar-refractivity contribution in [3.05, 3.63) is 29.8 Å². The molecular weight excluding hydrogens is 798 g/mol. The van der Waals surface area contributed by atoms with Crippen LogP contribution in [0.15, 0.2) is 24.3 Å². The maximum Gasteiger partial charge on any atom is 0.471 e. The quantitative estimate of drug-likeness (QED) is 0.165. The number of hydrogen-bond acceptors (Lipinski definition) is 10. The zero-order chi connectivity index (χ0) is 45.2. The minimum Gasteiger partial charge on any atom is -0.379 e. The smallest absolute Gasteiger partial charge is 0.379 e. The summed E-state index contributed by atoms with van der Waals surface area (Å²) in [5, 5.41) is 4.65. The number of carbonyl (C=O) groups excluding carboxylic acids is 5. The van der Waals surface area contributed by atoms with Gasteiger partial charge in [0.05, 0.1) is 48.4 Å². The van der Waals surface area contributed by atoms with Gasteiger partial charge in [-0.05, 0) is 62.4 Å². The fourth-order valence-corrected chi connectivity index (χ4v) is 9.00. The topological polar surface area (TPSA) is 184 Å². The Morgan fingerprint density at radius 3 is 1.98 bits per heavy atom. The first-order chi connectivity index (χ1) is 27.3. The molecule has 0 bridgehead atoms. The summed E-state index contributed by atoms with van der Waals surface area (Å²) in [5.41, 5.74) is -0.0544. The van der Waals surface area contributed by atoms with Gasteiger partial charge in [0.1, 0.15) is 6.04 Å². The number of amides is 5. The fraction of sp³-hybridized carbons (Fsp3) is 0.725. The van der Waals surface area contributed by atoms with Crippen LogP contribution >= 0.6 is 0 Å². The van der Waals surface area contributed by atoms with E-state index in [0.717, 1.165) is 12.1 Å². The summed E-state index contributed by atoms with van der Waals surface area (Å²) in [7, 11) is 3.83. The second-order valence-corrected chi connectivity index (χ2v) is 18.1. The Labute approximate surface area is 347 Å². The van der Waals surface area contributed by atoms with Crippen LogP contribution in [0.3, 0.4) is 0 Å². The summed E-state index contributed by atoms with van der Waals surface area (Å²) < 4.78 is 77.5. The molecule has 1 aliphatic heterocycles. The van der Waals surface area contributed by atoms with Crippen molar-refractivity contribution in [2.45, 2.75) is 122 Å². The molecule has 5 amide bonds. The van der Waals surface area contributed by atoms with Crippen LogP contribution in [0, 0.1) is 23.7 Å². The molecule has 8 atom stereocenters. The first kappa shape index (κ1) is 51.3. The van der Waals surface area contributed by atoms with E-state index in [2.05, 4.69) is 5.32 Å². The van der Waals surface area contributed by atoms with Crippen LogP contribution in [0.4, 0.5) is 18.9 Å². The zero-order valence-electron chi connectivity index (χ0n) is 36.4.